The van der Waals surface area contributed by atoms with Crippen molar-refractivity contribution in [3.63, 3.8) is 0 Å². The van der Waals surface area contributed by atoms with Gasteiger partial charge >= 0.3 is 0 Å². The highest BCUT2D eigenvalue weighted by molar-refractivity contribution is 5.94. The lowest BCUT2D eigenvalue weighted by molar-refractivity contribution is -0.143. The molecule has 0 bridgehead atoms. The number of primary amides is 1. The van der Waals surface area contributed by atoms with Gasteiger partial charge in [-0.05, 0) is 35.5 Å². The molecule has 2 heterocycles. The molecule has 0 aromatic heterocycles. The third-order valence-electron chi connectivity index (χ3n) is 7.30. The van der Waals surface area contributed by atoms with Gasteiger partial charge in [-0.25, -0.2) is 0 Å². The summed E-state index contributed by atoms with van der Waals surface area (Å²) >= 11 is 0. The first-order valence-electron chi connectivity index (χ1n) is 10.7. The van der Waals surface area contributed by atoms with Gasteiger partial charge in [0.2, 0.25) is 23.6 Å². The van der Waals surface area contributed by atoms with Crippen molar-refractivity contribution in [2.24, 2.45) is 40.1 Å². The van der Waals surface area contributed by atoms with Gasteiger partial charge in [0.05, 0.1) is 6.04 Å². The van der Waals surface area contributed by atoms with E-state index in [2.05, 4.69) is 24.5 Å². The van der Waals surface area contributed by atoms with Gasteiger partial charge in [-0.2, -0.15) is 0 Å². The summed E-state index contributed by atoms with van der Waals surface area (Å²) in [6, 6.07) is -2.38. The number of piperidine rings is 1. The number of hydrogen-bond donors (Lipinski definition) is 4. The number of likely N-dealkylation sites (tertiary alicyclic amines) is 1. The Morgan fingerprint density at radius 1 is 1.29 bits per heavy atom. The van der Waals surface area contributed by atoms with Crippen LogP contribution in [0.2, 0.25) is 0 Å². The molecule has 0 spiro atoms. The van der Waals surface area contributed by atoms with Gasteiger partial charge in [-0.3, -0.25) is 19.2 Å². The second kappa shape index (κ2) is 8.58. The van der Waals surface area contributed by atoms with Crippen molar-refractivity contribution in [1.29, 1.82) is 0 Å². The average Bonchev–Trinajstić information content (AvgIpc) is 3.01. The summed E-state index contributed by atoms with van der Waals surface area (Å²) in [5, 5.41) is 5.46. The molecule has 9 nitrogen and oxygen atoms in total. The Hall–Kier alpha value is -1.87. The monoisotopic (exact) mass is 457 g/mol. The van der Waals surface area contributed by atoms with E-state index in [1.54, 1.807) is 4.90 Å². The summed E-state index contributed by atoms with van der Waals surface area (Å²) in [4.78, 5) is 51.8. The fourth-order valence-electron chi connectivity index (χ4n) is 5.02. The molecule has 2 saturated heterocycles. The zero-order valence-corrected chi connectivity index (χ0v) is 19.8. The van der Waals surface area contributed by atoms with Crippen molar-refractivity contribution in [2.75, 3.05) is 13.1 Å². The van der Waals surface area contributed by atoms with Gasteiger partial charge in [-0.1, -0.05) is 34.6 Å². The van der Waals surface area contributed by atoms with E-state index in [0.717, 1.165) is 0 Å². The highest BCUT2D eigenvalue weighted by Crippen LogP contribution is 2.65. The normalized spacial score (nSPS) is 30.5. The van der Waals surface area contributed by atoms with Gasteiger partial charge in [0.25, 0.3) is 0 Å². The summed E-state index contributed by atoms with van der Waals surface area (Å²) < 4.78 is 0. The maximum absolute atomic E-state index is 13.3. The van der Waals surface area contributed by atoms with Crippen molar-refractivity contribution >= 4 is 36.0 Å². The molecular formula is C21H36ClN5O4. The number of carbonyl (C=O) groups is 4. The zero-order valence-electron chi connectivity index (χ0n) is 18.9. The van der Waals surface area contributed by atoms with Crippen molar-refractivity contribution < 1.29 is 19.2 Å². The molecule has 6 atom stereocenters. The molecule has 176 valence electrons. The molecule has 1 aliphatic carbocycles. The molecule has 3 rings (SSSR count). The van der Waals surface area contributed by atoms with E-state index < -0.39 is 35.4 Å². The maximum Gasteiger partial charge on any atom is 0.243 e. The number of hydrogen-bond acceptors (Lipinski definition) is 5. The Morgan fingerprint density at radius 3 is 2.39 bits per heavy atom. The Balaban J connectivity index is 0.00000341. The Bertz CT molecular complexity index is 765. The molecule has 31 heavy (non-hydrogen) atoms. The molecule has 0 radical (unpaired) electrons. The zero-order chi connectivity index (χ0) is 22.6. The lowest BCUT2D eigenvalue weighted by Gasteiger charge is -2.36. The number of carbonyl (C=O) groups excluding carboxylic acids is 4. The smallest absolute Gasteiger partial charge is 0.243 e. The van der Waals surface area contributed by atoms with E-state index in [9.17, 15) is 19.2 Å². The van der Waals surface area contributed by atoms with Crippen LogP contribution in [0.25, 0.3) is 0 Å². The molecule has 4 amide bonds. The third kappa shape index (κ3) is 4.67. The summed E-state index contributed by atoms with van der Waals surface area (Å²) in [5.41, 5.74) is 11.2. The van der Waals surface area contributed by atoms with Crippen LogP contribution < -0.4 is 22.1 Å². The first-order chi connectivity index (χ1) is 13.8. The lowest BCUT2D eigenvalue weighted by atomic mass is 9.86. The molecule has 3 aliphatic rings. The quantitative estimate of drug-likeness (QED) is 0.434. The van der Waals surface area contributed by atoms with Gasteiger partial charge in [0.1, 0.15) is 12.1 Å². The van der Waals surface area contributed by atoms with Gasteiger partial charge in [0, 0.05) is 19.0 Å². The largest absolute Gasteiger partial charge is 0.368 e. The van der Waals surface area contributed by atoms with Crippen molar-refractivity contribution in [3.8, 4) is 0 Å². The molecule has 3 fully saturated rings. The van der Waals surface area contributed by atoms with E-state index in [-0.39, 0.29) is 53.8 Å². The third-order valence-corrected chi connectivity index (χ3v) is 7.30. The van der Waals surface area contributed by atoms with Crippen LogP contribution in [0.15, 0.2) is 0 Å². The first kappa shape index (κ1) is 25.4. The topological polar surface area (TPSA) is 148 Å². The highest BCUT2D eigenvalue weighted by atomic mass is 35.5. The number of nitrogens with two attached hydrogens (primary N) is 2. The molecular weight excluding hydrogens is 422 g/mol. The fraction of sp³-hybridized carbons (Fsp3) is 0.810. The van der Waals surface area contributed by atoms with E-state index >= 15 is 0 Å². The fourth-order valence-corrected chi connectivity index (χ4v) is 5.02. The number of nitrogens with zero attached hydrogens (tertiary/aromatic N) is 1. The van der Waals surface area contributed by atoms with E-state index in [1.165, 1.54) is 0 Å². The summed E-state index contributed by atoms with van der Waals surface area (Å²) in [6.45, 7) is 10.9. The maximum atomic E-state index is 13.3. The standard InChI is InChI=1S/C21H35N5O4.ClH/c1-20(2,3)15(22)19(30)26-9-11-13(21(11,4)5)14(26)18(29)25-12(16(23)27)8-10-6-7-24-17(10)28;/h10-15H,6-9,22H2,1-5H3,(H2,23,27)(H,24,28)(H,25,29);1H/t10?,11-,12?,13-,14-,15?;/m0./s1. The average molecular weight is 458 g/mol. The van der Waals surface area contributed by atoms with Crippen molar-refractivity contribution in [1.82, 2.24) is 15.5 Å². The number of nitrogens with one attached hydrogen (secondary N) is 2. The van der Waals surface area contributed by atoms with Gasteiger partial charge in [-0.15, -0.1) is 12.4 Å². The van der Waals surface area contributed by atoms with E-state index in [1.807, 2.05) is 20.8 Å². The summed E-state index contributed by atoms with van der Waals surface area (Å²) in [6.07, 6.45) is 0.761. The van der Waals surface area contributed by atoms with Crippen LogP contribution in [-0.4, -0.2) is 59.7 Å². The lowest BCUT2D eigenvalue weighted by Crippen LogP contribution is -2.59. The Labute approximate surface area is 189 Å². The molecule has 0 aromatic rings. The van der Waals surface area contributed by atoms with Crippen LogP contribution in [0.3, 0.4) is 0 Å². The van der Waals surface area contributed by atoms with Crippen LogP contribution in [0.4, 0.5) is 0 Å². The van der Waals surface area contributed by atoms with E-state index in [4.69, 9.17) is 11.5 Å². The van der Waals surface area contributed by atoms with Crippen LogP contribution in [-0.2, 0) is 19.2 Å². The molecule has 0 aromatic carbocycles. The number of halogens is 1. The second-order valence-electron chi connectivity index (χ2n) is 10.7. The minimum Gasteiger partial charge on any atom is -0.368 e. The highest BCUT2D eigenvalue weighted by Gasteiger charge is 2.69. The van der Waals surface area contributed by atoms with Gasteiger partial charge in [0.15, 0.2) is 0 Å². The Kier molecular flexibility index (Phi) is 7.03. The van der Waals surface area contributed by atoms with Crippen LogP contribution >= 0.6 is 12.4 Å². The SMILES string of the molecule is CC(C)(C)C(N)C(=O)N1C[C@H]2[C@@H]([C@H]1C(=O)NC(CC1CCNC1=O)C(N)=O)C2(C)C.Cl. The van der Waals surface area contributed by atoms with Gasteiger partial charge < -0.3 is 27.0 Å². The Morgan fingerprint density at radius 2 is 1.90 bits per heavy atom. The predicted octanol–water partition coefficient (Wildman–Crippen LogP) is -0.239. The van der Waals surface area contributed by atoms with Crippen LogP contribution in [0.5, 0.6) is 0 Å². The molecule has 2 aliphatic heterocycles. The predicted molar refractivity (Wildman–Crippen MR) is 118 cm³/mol. The molecule has 3 unspecified atom stereocenters. The number of amides is 4. The minimum absolute atomic E-state index is 0. The van der Waals surface area contributed by atoms with E-state index in [0.29, 0.717) is 19.5 Å². The van der Waals surface area contributed by atoms with Crippen molar-refractivity contribution in [2.45, 2.75) is 65.6 Å². The van der Waals surface area contributed by atoms with Crippen LogP contribution in [0, 0.1) is 28.6 Å². The summed E-state index contributed by atoms with van der Waals surface area (Å²) in [5.74, 6) is -1.59. The second-order valence-corrected chi connectivity index (χ2v) is 10.7. The summed E-state index contributed by atoms with van der Waals surface area (Å²) in [7, 11) is 0. The molecule has 1 saturated carbocycles. The van der Waals surface area contributed by atoms with Crippen molar-refractivity contribution in [3.05, 3.63) is 0 Å². The minimum atomic E-state index is -0.958. The molecule has 6 N–H and O–H groups in total. The molecule has 10 heteroatoms. The first-order valence-corrected chi connectivity index (χ1v) is 10.7. The van der Waals surface area contributed by atoms with Crippen LogP contribution in [0.1, 0.15) is 47.5 Å². The number of rotatable bonds is 6. The number of fused-ring (bicyclic) bond motifs is 1.